The van der Waals surface area contributed by atoms with Crippen LogP contribution in [0.25, 0.3) is 0 Å². The fourth-order valence-electron chi connectivity index (χ4n) is 2.69. The number of amides is 1. The van der Waals surface area contributed by atoms with Gasteiger partial charge in [-0.2, -0.15) is 0 Å². The van der Waals surface area contributed by atoms with E-state index in [0.717, 1.165) is 42.7 Å². The van der Waals surface area contributed by atoms with Gasteiger partial charge in [0.25, 0.3) is 5.91 Å². The van der Waals surface area contributed by atoms with Gasteiger partial charge >= 0.3 is 0 Å². The highest BCUT2D eigenvalue weighted by Crippen LogP contribution is 2.21. The molecule has 0 aromatic heterocycles. The van der Waals surface area contributed by atoms with Crippen molar-refractivity contribution >= 4 is 36.4 Å². The number of halogens is 2. The highest BCUT2D eigenvalue weighted by molar-refractivity contribution is 5.97. The van der Waals surface area contributed by atoms with Gasteiger partial charge in [0.05, 0.1) is 0 Å². The van der Waals surface area contributed by atoms with Crippen LogP contribution in [0.1, 0.15) is 49.5 Å². The molecule has 1 heterocycles. The van der Waals surface area contributed by atoms with E-state index in [0.29, 0.717) is 12.0 Å². The molecule has 0 spiro atoms. The Morgan fingerprint density at radius 3 is 2.54 bits per heavy atom. The number of benzene rings is 1. The summed E-state index contributed by atoms with van der Waals surface area (Å²) < 4.78 is 0. The van der Waals surface area contributed by atoms with Gasteiger partial charge < -0.3 is 16.0 Å². The van der Waals surface area contributed by atoms with E-state index in [1.807, 2.05) is 25.1 Å². The molecule has 2 rings (SSSR count). The molecule has 6 heteroatoms. The van der Waals surface area contributed by atoms with E-state index in [9.17, 15) is 4.79 Å². The predicted octanol–water partition coefficient (Wildman–Crippen LogP) is 3.78. The minimum absolute atomic E-state index is 0. The summed E-state index contributed by atoms with van der Waals surface area (Å²) in [4.78, 5) is 12.5. The second-order valence-corrected chi connectivity index (χ2v) is 6.67. The number of hydrogen-bond acceptors (Lipinski definition) is 3. The van der Waals surface area contributed by atoms with Crippen LogP contribution in [0.15, 0.2) is 18.2 Å². The first-order valence-corrected chi connectivity index (χ1v) is 8.36. The van der Waals surface area contributed by atoms with Crippen molar-refractivity contribution in [2.45, 2.75) is 52.6 Å². The smallest absolute Gasteiger partial charge is 0.251 e. The summed E-state index contributed by atoms with van der Waals surface area (Å²) in [6.07, 6.45) is 2.18. The molecule has 0 bridgehead atoms. The monoisotopic (exact) mass is 375 g/mol. The van der Waals surface area contributed by atoms with E-state index in [1.54, 1.807) is 0 Å². The Hall–Kier alpha value is -0.970. The molecule has 1 aliphatic heterocycles. The van der Waals surface area contributed by atoms with Crippen LogP contribution in [0.5, 0.6) is 0 Å². The molecule has 24 heavy (non-hydrogen) atoms. The Morgan fingerprint density at radius 2 is 1.96 bits per heavy atom. The Bertz CT molecular complexity index is 517. The summed E-state index contributed by atoms with van der Waals surface area (Å²) in [6, 6.07) is 6.53. The Morgan fingerprint density at radius 1 is 1.25 bits per heavy atom. The van der Waals surface area contributed by atoms with Crippen LogP contribution in [0.4, 0.5) is 5.69 Å². The lowest BCUT2D eigenvalue weighted by Crippen LogP contribution is -2.45. The van der Waals surface area contributed by atoms with Crippen LogP contribution in [0.3, 0.4) is 0 Å². The summed E-state index contributed by atoms with van der Waals surface area (Å²) in [5, 5.41) is 10.00. The van der Waals surface area contributed by atoms with Gasteiger partial charge in [-0.3, -0.25) is 4.79 Å². The summed E-state index contributed by atoms with van der Waals surface area (Å²) >= 11 is 0. The standard InChI is InChI=1S/C18H29N3O.2ClH/c1-12(2)14(4)20-17-9-5-8-16(13(17)3)18(22)21-15-7-6-10-19-11-15;;/h5,8-9,12,14-15,19-20H,6-7,10-11H2,1-4H3,(H,21,22);2*1H/t14?,15-;;/m0../s1. The topological polar surface area (TPSA) is 53.2 Å². The maximum Gasteiger partial charge on any atom is 0.251 e. The Kier molecular flexibility index (Phi) is 10.4. The molecule has 3 N–H and O–H groups in total. The molecule has 1 amide bonds. The molecule has 0 saturated carbocycles. The lowest BCUT2D eigenvalue weighted by atomic mass is 10.0. The normalized spacial score (nSPS) is 18.1. The summed E-state index contributed by atoms with van der Waals surface area (Å²) in [5.74, 6) is 0.581. The number of rotatable bonds is 5. The number of hydrogen-bond donors (Lipinski definition) is 3. The SMILES string of the molecule is Cc1c(NC(C)C(C)C)cccc1C(=O)N[C@H]1CCCNC1.Cl.Cl. The number of piperidine rings is 1. The van der Waals surface area contributed by atoms with Gasteiger partial charge in [-0.25, -0.2) is 0 Å². The van der Waals surface area contributed by atoms with Gasteiger partial charge in [-0.15, -0.1) is 24.8 Å². The van der Waals surface area contributed by atoms with Crippen molar-refractivity contribution < 1.29 is 4.79 Å². The fraction of sp³-hybridized carbons (Fsp3) is 0.611. The lowest BCUT2D eigenvalue weighted by molar-refractivity contribution is 0.0930. The maximum atomic E-state index is 12.5. The molecule has 1 aromatic rings. The third-order valence-electron chi connectivity index (χ3n) is 4.59. The molecule has 0 aliphatic carbocycles. The van der Waals surface area contributed by atoms with Gasteiger partial charge in [-0.1, -0.05) is 19.9 Å². The molecular weight excluding hydrogens is 345 g/mol. The van der Waals surface area contributed by atoms with E-state index < -0.39 is 0 Å². The highest BCUT2D eigenvalue weighted by atomic mass is 35.5. The van der Waals surface area contributed by atoms with Crippen molar-refractivity contribution in [3.63, 3.8) is 0 Å². The number of anilines is 1. The van der Waals surface area contributed by atoms with Gasteiger partial charge in [-0.05, 0) is 56.8 Å². The minimum atomic E-state index is 0. The van der Waals surface area contributed by atoms with Crippen LogP contribution >= 0.6 is 24.8 Å². The molecule has 4 nitrogen and oxygen atoms in total. The van der Waals surface area contributed by atoms with Crippen molar-refractivity contribution in [1.82, 2.24) is 10.6 Å². The predicted molar refractivity (Wildman–Crippen MR) is 107 cm³/mol. The van der Waals surface area contributed by atoms with Crippen LogP contribution < -0.4 is 16.0 Å². The van der Waals surface area contributed by atoms with E-state index in [2.05, 4.69) is 36.7 Å². The molecule has 1 aliphatic rings. The third-order valence-corrected chi connectivity index (χ3v) is 4.59. The molecule has 1 saturated heterocycles. The highest BCUT2D eigenvalue weighted by Gasteiger charge is 2.19. The third kappa shape index (κ3) is 6.15. The molecule has 1 aromatic carbocycles. The van der Waals surface area contributed by atoms with Crippen molar-refractivity contribution in [1.29, 1.82) is 0 Å². The zero-order valence-electron chi connectivity index (χ0n) is 15.0. The van der Waals surface area contributed by atoms with E-state index in [1.165, 1.54) is 0 Å². The quantitative estimate of drug-likeness (QED) is 0.733. The average Bonchev–Trinajstić information content (AvgIpc) is 2.50. The first-order chi connectivity index (χ1) is 10.5. The Balaban J connectivity index is 0.00000264. The van der Waals surface area contributed by atoms with E-state index >= 15 is 0 Å². The maximum absolute atomic E-state index is 12.5. The molecule has 138 valence electrons. The first-order valence-electron chi connectivity index (χ1n) is 8.36. The van der Waals surface area contributed by atoms with Crippen LogP contribution in [0.2, 0.25) is 0 Å². The van der Waals surface area contributed by atoms with Gasteiger partial charge in [0, 0.05) is 29.9 Å². The van der Waals surface area contributed by atoms with Crippen LogP contribution in [0, 0.1) is 12.8 Å². The number of nitrogens with one attached hydrogen (secondary N) is 3. The number of carbonyl (C=O) groups is 1. The summed E-state index contributed by atoms with van der Waals surface area (Å²) in [5.41, 5.74) is 2.85. The molecule has 1 fully saturated rings. The van der Waals surface area contributed by atoms with Crippen LogP contribution in [-0.4, -0.2) is 31.1 Å². The van der Waals surface area contributed by atoms with Gasteiger partial charge in [0.1, 0.15) is 0 Å². The summed E-state index contributed by atoms with van der Waals surface area (Å²) in [7, 11) is 0. The van der Waals surface area contributed by atoms with Crippen molar-refractivity contribution in [2.24, 2.45) is 5.92 Å². The van der Waals surface area contributed by atoms with E-state index in [4.69, 9.17) is 0 Å². The first kappa shape index (κ1) is 23.0. The van der Waals surface area contributed by atoms with Gasteiger partial charge in [0.2, 0.25) is 0 Å². The van der Waals surface area contributed by atoms with Crippen molar-refractivity contribution in [3.8, 4) is 0 Å². The molecular formula is C18H31Cl2N3O. The zero-order chi connectivity index (χ0) is 16.1. The molecule has 1 unspecified atom stereocenters. The lowest BCUT2D eigenvalue weighted by Gasteiger charge is -2.25. The van der Waals surface area contributed by atoms with E-state index in [-0.39, 0.29) is 36.8 Å². The molecule has 2 atom stereocenters. The second kappa shape index (κ2) is 10.8. The minimum Gasteiger partial charge on any atom is -0.382 e. The van der Waals surface area contributed by atoms with Crippen molar-refractivity contribution in [2.75, 3.05) is 18.4 Å². The summed E-state index contributed by atoms with van der Waals surface area (Å²) in [6.45, 7) is 10.5. The largest absolute Gasteiger partial charge is 0.382 e. The molecule has 0 radical (unpaired) electrons. The van der Waals surface area contributed by atoms with Crippen LogP contribution in [-0.2, 0) is 0 Å². The average molecular weight is 376 g/mol. The fourth-order valence-corrected chi connectivity index (χ4v) is 2.69. The number of carbonyl (C=O) groups excluding carboxylic acids is 1. The van der Waals surface area contributed by atoms with Crippen molar-refractivity contribution in [3.05, 3.63) is 29.3 Å². The Labute approximate surface area is 158 Å². The second-order valence-electron chi connectivity index (χ2n) is 6.67. The zero-order valence-corrected chi connectivity index (χ0v) is 16.7. The van der Waals surface area contributed by atoms with Gasteiger partial charge in [0.15, 0.2) is 0 Å².